The van der Waals surface area contributed by atoms with Crippen LogP contribution < -0.4 is 10.6 Å². The third-order valence-electron chi connectivity index (χ3n) is 4.18. The Hall–Kier alpha value is -3.33. The average Bonchev–Trinajstić information content (AvgIpc) is 3.07. The van der Waals surface area contributed by atoms with E-state index in [4.69, 9.17) is 5.26 Å². The van der Waals surface area contributed by atoms with Crippen LogP contribution in [-0.2, 0) is 13.0 Å². The molecule has 0 atom stereocenters. The predicted molar refractivity (Wildman–Crippen MR) is 101 cm³/mol. The molecule has 0 bridgehead atoms. The number of benzene rings is 2. The van der Waals surface area contributed by atoms with Crippen LogP contribution in [0.5, 0.6) is 0 Å². The Morgan fingerprint density at radius 1 is 1.19 bits per heavy atom. The van der Waals surface area contributed by atoms with Crippen LogP contribution in [0.15, 0.2) is 53.7 Å². The van der Waals surface area contributed by atoms with Crippen molar-refractivity contribution in [3.8, 4) is 6.07 Å². The van der Waals surface area contributed by atoms with E-state index in [1.807, 2.05) is 18.3 Å². The van der Waals surface area contributed by atoms with Gasteiger partial charge in [0.2, 0.25) is 0 Å². The molecule has 0 unspecified atom stereocenters. The maximum Gasteiger partial charge on any atom is 0.191 e. The van der Waals surface area contributed by atoms with Gasteiger partial charge in [0.25, 0.3) is 0 Å². The van der Waals surface area contributed by atoms with Gasteiger partial charge in [-0.05, 0) is 47.9 Å². The molecule has 0 spiro atoms. The lowest BCUT2D eigenvalue weighted by molar-refractivity contribution is 0.629. The maximum atomic E-state index is 13.2. The minimum atomic E-state index is -0.239. The summed E-state index contributed by atoms with van der Waals surface area (Å²) in [5.41, 5.74) is 3.67. The molecule has 2 aromatic carbocycles. The van der Waals surface area contributed by atoms with E-state index < -0.39 is 0 Å². The summed E-state index contributed by atoms with van der Waals surface area (Å²) in [5, 5.41) is 16.4. The molecule has 1 aromatic heterocycles. The highest BCUT2D eigenvalue weighted by molar-refractivity contribution is 5.83. The summed E-state index contributed by atoms with van der Waals surface area (Å²) in [6.07, 6.45) is 2.71. The van der Waals surface area contributed by atoms with Crippen molar-refractivity contribution in [3.63, 3.8) is 0 Å². The largest absolute Gasteiger partial charge is 0.361 e. The molecule has 3 N–H and O–H groups in total. The van der Waals surface area contributed by atoms with Crippen molar-refractivity contribution in [1.82, 2.24) is 15.6 Å². The molecule has 26 heavy (non-hydrogen) atoms. The number of nitrogens with one attached hydrogen (secondary N) is 3. The van der Waals surface area contributed by atoms with Crippen molar-refractivity contribution in [1.29, 1.82) is 5.26 Å². The Morgan fingerprint density at radius 3 is 2.73 bits per heavy atom. The summed E-state index contributed by atoms with van der Waals surface area (Å²) in [4.78, 5) is 7.31. The van der Waals surface area contributed by atoms with Crippen LogP contribution in [0.4, 0.5) is 4.39 Å². The molecule has 0 saturated carbocycles. The lowest BCUT2D eigenvalue weighted by Crippen LogP contribution is -2.37. The van der Waals surface area contributed by atoms with Crippen molar-refractivity contribution in [2.45, 2.75) is 13.0 Å². The zero-order valence-corrected chi connectivity index (χ0v) is 14.5. The quantitative estimate of drug-likeness (QED) is 0.489. The van der Waals surface area contributed by atoms with E-state index in [9.17, 15) is 4.39 Å². The van der Waals surface area contributed by atoms with Crippen molar-refractivity contribution >= 4 is 16.9 Å². The summed E-state index contributed by atoms with van der Waals surface area (Å²) in [7, 11) is 1.72. The standard InChI is InChI=1S/C20H20FN5/c1-23-20(26-12-15-4-2-14(11-22)3-5-15)24-9-8-16-13-25-19-10-17(21)6-7-18(16)19/h2-7,10,13,25H,8-9,12H2,1H3,(H2,23,24,26). The summed E-state index contributed by atoms with van der Waals surface area (Å²) in [6.45, 7) is 1.33. The Balaban J connectivity index is 1.51. The number of hydrogen-bond acceptors (Lipinski definition) is 2. The second kappa shape index (κ2) is 8.17. The van der Waals surface area contributed by atoms with E-state index in [-0.39, 0.29) is 5.82 Å². The zero-order chi connectivity index (χ0) is 18.4. The molecule has 5 nitrogen and oxygen atoms in total. The number of aromatic nitrogens is 1. The molecule has 3 rings (SSSR count). The Morgan fingerprint density at radius 2 is 2.00 bits per heavy atom. The first-order chi connectivity index (χ1) is 12.7. The lowest BCUT2D eigenvalue weighted by Gasteiger charge is -2.12. The first-order valence-electron chi connectivity index (χ1n) is 8.38. The molecule has 6 heteroatoms. The Bertz CT molecular complexity index is 950. The molecule has 0 saturated heterocycles. The number of rotatable bonds is 5. The molecule has 0 aliphatic heterocycles. The molecule has 0 aliphatic carbocycles. The van der Waals surface area contributed by atoms with Crippen LogP contribution in [-0.4, -0.2) is 24.5 Å². The highest BCUT2D eigenvalue weighted by atomic mass is 19.1. The van der Waals surface area contributed by atoms with E-state index in [1.54, 1.807) is 25.2 Å². The van der Waals surface area contributed by atoms with Gasteiger partial charge in [0.15, 0.2) is 5.96 Å². The Kier molecular flexibility index (Phi) is 5.49. The molecule has 132 valence electrons. The van der Waals surface area contributed by atoms with E-state index in [0.29, 0.717) is 24.6 Å². The van der Waals surface area contributed by atoms with Crippen molar-refractivity contribution in [2.75, 3.05) is 13.6 Å². The molecule has 0 aliphatic rings. The van der Waals surface area contributed by atoms with Crippen LogP contribution in [0.1, 0.15) is 16.7 Å². The van der Waals surface area contributed by atoms with E-state index in [2.05, 4.69) is 26.7 Å². The normalized spacial score (nSPS) is 11.3. The van der Waals surface area contributed by atoms with Crippen molar-refractivity contribution in [2.24, 2.45) is 4.99 Å². The summed E-state index contributed by atoms with van der Waals surface area (Å²) in [6, 6.07) is 14.3. The topological polar surface area (TPSA) is 76.0 Å². The molecule has 0 radical (unpaired) electrons. The third-order valence-corrected chi connectivity index (χ3v) is 4.18. The van der Waals surface area contributed by atoms with Gasteiger partial charge in [0.05, 0.1) is 11.6 Å². The van der Waals surface area contributed by atoms with E-state index in [0.717, 1.165) is 28.5 Å². The van der Waals surface area contributed by atoms with Gasteiger partial charge in [0, 0.05) is 37.2 Å². The number of halogens is 1. The summed E-state index contributed by atoms with van der Waals surface area (Å²) >= 11 is 0. The summed E-state index contributed by atoms with van der Waals surface area (Å²) in [5.74, 6) is 0.469. The number of nitrogens with zero attached hydrogens (tertiary/aromatic N) is 2. The van der Waals surface area contributed by atoms with Crippen molar-refractivity contribution in [3.05, 3.63) is 71.2 Å². The molecule has 0 amide bonds. The van der Waals surface area contributed by atoms with Gasteiger partial charge in [-0.3, -0.25) is 4.99 Å². The minimum Gasteiger partial charge on any atom is -0.361 e. The number of aliphatic imine (C=N–C) groups is 1. The minimum absolute atomic E-state index is 0.239. The highest BCUT2D eigenvalue weighted by Gasteiger charge is 2.05. The third kappa shape index (κ3) is 4.19. The maximum absolute atomic E-state index is 13.2. The smallest absolute Gasteiger partial charge is 0.191 e. The second-order valence-electron chi connectivity index (χ2n) is 5.92. The number of guanidine groups is 1. The van der Waals surface area contributed by atoms with Gasteiger partial charge < -0.3 is 15.6 Å². The fraction of sp³-hybridized carbons (Fsp3) is 0.200. The lowest BCUT2D eigenvalue weighted by atomic mass is 10.1. The van der Waals surface area contributed by atoms with Crippen molar-refractivity contribution < 1.29 is 4.39 Å². The van der Waals surface area contributed by atoms with Gasteiger partial charge in [-0.1, -0.05) is 12.1 Å². The number of nitriles is 1. The van der Waals surface area contributed by atoms with Gasteiger partial charge in [0.1, 0.15) is 5.82 Å². The molecule has 1 heterocycles. The number of aromatic amines is 1. The van der Waals surface area contributed by atoms with Gasteiger partial charge in [-0.15, -0.1) is 0 Å². The van der Waals surface area contributed by atoms with Gasteiger partial charge in [-0.25, -0.2) is 4.39 Å². The van der Waals surface area contributed by atoms with Crippen LogP contribution in [0.2, 0.25) is 0 Å². The molecule has 0 fully saturated rings. The molecule has 3 aromatic rings. The fourth-order valence-electron chi connectivity index (χ4n) is 2.78. The first-order valence-corrected chi connectivity index (χ1v) is 8.38. The zero-order valence-electron chi connectivity index (χ0n) is 14.5. The first kappa shape index (κ1) is 17.5. The number of hydrogen-bond donors (Lipinski definition) is 3. The van der Waals surface area contributed by atoms with Crippen LogP contribution >= 0.6 is 0 Å². The number of H-pyrrole nitrogens is 1. The molecular weight excluding hydrogens is 329 g/mol. The second-order valence-corrected chi connectivity index (χ2v) is 5.92. The van der Waals surface area contributed by atoms with Gasteiger partial charge >= 0.3 is 0 Å². The molecular formula is C20H20FN5. The monoisotopic (exact) mass is 349 g/mol. The van der Waals surface area contributed by atoms with Crippen LogP contribution in [0, 0.1) is 17.1 Å². The van der Waals surface area contributed by atoms with Crippen LogP contribution in [0.25, 0.3) is 10.9 Å². The van der Waals surface area contributed by atoms with Gasteiger partial charge in [-0.2, -0.15) is 5.26 Å². The summed E-state index contributed by atoms with van der Waals surface area (Å²) < 4.78 is 13.2. The predicted octanol–water partition coefficient (Wildman–Crippen LogP) is 3.09. The highest BCUT2D eigenvalue weighted by Crippen LogP contribution is 2.19. The fourth-order valence-corrected chi connectivity index (χ4v) is 2.78. The SMILES string of the molecule is CN=C(NCCc1c[nH]c2cc(F)ccc12)NCc1ccc(C#N)cc1. The average molecular weight is 349 g/mol. The van der Waals surface area contributed by atoms with Crippen LogP contribution in [0.3, 0.4) is 0 Å². The van der Waals surface area contributed by atoms with E-state index >= 15 is 0 Å². The number of fused-ring (bicyclic) bond motifs is 1. The van der Waals surface area contributed by atoms with E-state index in [1.165, 1.54) is 12.1 Å². The Labute approximate surface area is 151 Å².